The van der Waals surface area contributed by atoms with Gasteiger partial charge in [0.1, 0.15) is 36.6 Å². The molecular weight excluding hydrogens is 360 g/mol. The molecule has 0 radical (unpaired) electrons. The molecule has 0 aromatic heterocycles. The van der Waals surface area contributed by atoms with Crippen LogP contribution in [-0.2, 0) is 42.6 Å². The van der Waals surface area contributed by atoms with Crippen molar-refractivity contribution in [2.75, 3.05) is 42.7 Å². The Morgan fingerprint density at radius 1 is 0.444 bits per heavy atom. The summed E-state index contributed by atoms with van der Waals surface area (Å²) in [6.45, 7) is 3.80. The molecular formula is C18H34O9. The highest BCUT2D eigenvalue weighted by Crippen LogP contribution is 2.32. The van der Waals surface area contributed by atoms with E-state index in [1.807, 2.05) is 13.8 Å². The molecule has 0 N–H and O–H groups in total. The van der Waals surface area contributed by atoms with Gasteiger partial charge < -0.3 is 42.6 Å². The maximum atomic E-state index is 6.16. The van der Waals surface area contributed by atoms with Crippen LogP contribution >= 0.6 is 0 Å². The Labute approximate surface area is 161 Å². The molecule has 0 amide bonds. The Balaban J connectivity index is 2.19. The lowest BCUT2D eigenvalue weighted by molar-refractivity contribution is -0.378. The third-order valence-electron chi connectivity index (χ3n) is 5.36. The average Bonchev–Trinajstić information content (AvgIpc) is 2.66. The Kier molecular flexibility index (Phi) is 8.85. The van der Waals surface area contributed by atoms with Crippen molar-refractivity contribution in [2.24, 2.45) is 0 Å². The van der Waals surface area contributed by atoms with Crippen LogP contribution in [0.5, 0.6) is 0 Å². The van der Waals surface area contributed by atoms with E-state index in [4.69, 9.17) is 42.6 Å². The standard InChI is InChI=1S/C18H34O9/c1-9-11(19-3)13(21-5)15(23-7)17(25-9)27-18-16(24-8)14(22-6)12(20-4)10(2)26-18/h9-18H,1-8H3/t9-,10-,11-,12-,13+,14+,15+,16+,17+,18+/m0/s1. The first-order chi connectivity index (χ1) is 13.0. The summed E-state index contributed by atoms with van der Waals surface area (Å²) >= 11 is 0. The van der Waals surface area contributed by atoms with Gasteiger partial charge in [-0.1, -0.05) is 0 Å². The van der Waals surface area contributed by atoms with E-state index in [-0.39, 0.29) is 36.6 Å². The second-order valence-corrected chi connectivity index (χ2v) is 6.76. The molecule has 0 saturated carbocycles. The van der Waals surface area contributed by atoms with Crippen molar-refractivity contribution in [3.05, 3.63) is 0 Å². The molecule has 0 aromatic rings. The average molecular weight is 394 g/mol. The summed E-state index contributed by atoms with van der Waals surface area (Å²) in [4.78, 5) is 0. The second-order valence-electron chi connectivity index (χ2n) is 6.76. The summed E-state index contributed by atoms with van der Waals surface area (Å²) < 4.78 is 51.7. The third-order valence-corrected chi connectivity index (χ3v) is 5.36. The maximum absolute atomic E-state index is 6.16. The van der Waals surface area contributed by atoms with Crippen molar-refractivity contribution in [2.45, 2.75) is 75.3 Å². The fourth-order valence-electron chi connectivity index (χ4n) is 3.98. The molecule has 0 aliphatic carbocycles. The lowest BCUT2D eigenvalue weighted by Crippen LogP contribution is -2.64. The Morgan fingerprint density at radius 2 is 0.741 bits per heavy atom. The zero-order valence-electron chi connectivity index (χ0n) is 17.4. The number of hydrogen-bond donors (Lipinski definition) is 0. The van der Waals surface area contributed by atoms with E-state index in [0.717, 1.165) is 0 Å². The van der Waals surface area contributed by atoms with Crippen LogP contribution in [0.1, 0.15) is 13.8 Å². The van der Waals surface area contributed by atoms with Gasteiger partial charge in [0.15, 0.2) is 12.6 Å². The number of ether oxygens (including phenoxy) is 9. The van der Waals surface area contributed by atoms with Gasteiger partial charge in [-0.2, -0.15) is 0 Å². The number of methoxy groups -OCH3 is 6. The Hall–Kier alpha value is -0.360. The van der Waals surface area contributed by atoms with Crippen molar-refractivity contribution in [3.63, 3.8) is 0 Å². The van der Waals surface area contributed by atoms with E-state index in [0.29, 0.717) is 0 Å². The van der Waals surface area contributed by atoms with Gasteiger partial charge in [-0.3, -0.25) is 0 Å². The van der Waals surface area contributed by atoms with Crippen molar-refractivity contribution < 1.29 is 42.6 Å². The lowest BCUT2D eigenvalue weighted by atomic mass is 9.98. The first kappa shape index (κ1) is 22.9. The molecule has 2 rings (SSSR count). The molecule has 27 heavy (non-hydrogen) atoms. The molecule has 2 saturated heterocycles. The molecule has 2 aliphatic rings. The minimum atomic E-state index is -0.729. The summed E-state index contributed by atoms with van der Waals surface area (Å²) in [5.74, 6) is 0. The number of rotatable bonds is 8. The molecule has 9 heteroatoms. The normalized spacial score (nSPS) is 45.8. The first-order valence-electron chi connectivity index (χ1n) is 9.10. The van der Waals surface area contributed by atoms with Crippen LogP contribution in [0.25, 0.3) is 0 Å². The smallest absolute Gasteiger partial charge is 0.189 e. The van der Waals surface area contributed by atoms with Crippen LogP contribution in [0.2, 0.25) is 0 Å². The summed E-state index contributed by atoms with van der Waals surface area (Å²) in [5.41, 5.74) is 0. The van der Waals surface area contributed by atoms with Crippen molar-refractivity contribution in [1.82, 2.24) is 0 Å². The fourth-order valence-corrected chi connectivity index (χ4v) is 3.98. The second kappa shape index (κ2) is 10.4. The topological polar surface area (TPSA) is 83.1 Å². The van der Waals surface area contributed by atoms with E-state index < -0.39 is 24.8 Å². The fraction of sp³-hybridized carbons (Fsp3) is 1.00. The SMILES string of the molecule is CO[C@@H]1[C@@H](OC)[C@H](C)O[C@H](O[C@H]2O[C@@H](C)[C@H](OC)[C@@H](OC)[C@H]2OC)[C@@H]1OC. The highest BCUT2D eigenvalue weighted by atomic mass is 16.8. The van der Waals surface area contributed by atoms with E-state index in [1.165, 1.54) is 0 Å². The monoisotopic (exact) mass is 394 g/mol. The minimum absolute atomic E-state index is 0.261. The molecule has 0 unspecified atom stereocenters. The van der Waals surface area contributed by atoms with Crippen molar-refractivity contribution in [1.29, 1.82) is 0 Å². The number of hydrogen-bond acceptors (Lipinski definition) is 9. The van der Waals surface area contributed by atoms with Crippen LogP contribution in [0, 0.1) is 0 Å². The highest BCUT2D eigenvalue weighted by molar-refractivity contribution is 4.94. The quantitative estimate of drug-likeness (QED) is 0.587. The van der Waals surface area contributed by atoms with Gasteiger partial charge >= 0.3 is 0 Å². The van der Waals surface area contributed by atoms with Crippen LogP contribution < -0.4 is 0 Å². The molecule has 2 heterocycles. The third kappa shape index (κ3) is 4.63. The van der Waals surface area contributed by atoms with Gasteiger partial charge in [0, 0.05) is 42.7 Å². The van der Waals surface area contributed by atoms with Gasteiger partial charge in [-0.15, -0.1) is 0 Å². The predicted molar refractivity (Wildman–Crippen MR) is 94.5 cm³/mol. The van der Waals surface area contributed by atoms with Crippen LogP contribution in [0.4, 0.5) is 0 Å². The van der Waals surface area contributed by atoms with Gasteiger partial charge in [-0.05, 0) is 13.8 Å². The molecule has 2 fully saturated rings. The molecule has 160 valence electrons. The maximum Gasteiger partial charge on any atom is 0.189 e. The minimum Gasteiger partial charge on any atom is -0.376 e. The summed E-state index contributed by atoms with van der Waals surface area (Å²) in [6.07, 6.45) is -4.28. The van der Waals surface area contributed by atoms with Gasteiger partial charge in [-0.25, -0.2) is 0 Å². The molecule has 10 atom stereocenters. The molecule has 0 bridgehead atoms. The van der Waals surface area contributed by atoms with Crippen LogP contribution in [0.15, 0.2) is 0 Å². The summed E-state index contributed by atoms with van der Waals surface area (Å²) in [6, 6.07) is 0. The Morgan fingerprint density at radius 3 is 1.00 bits per heavy atom. The van der Waals surface area contributed by atoms with E-state index in [2.05, 4.69) is 0 Å². The zero-order valence-corrected chi connectivity index (χ0v) is 17.4. The van der Waals surface area contributed by atoms with Crippen LogP contribution in [0.3, 0.4) is 0 Å². The van der Waals surface area contributed by atoms with Gasteiger partial charge in [0.05, 0.1) is 12.2 Å². The van der Waals surface area contributed by atoms with Gasteiger partial charge in [0.2, 0.25) is 0 Å². The largest absolute Gasteiger partial charge is 0.376 e. The zero-order chi connectivity index (χ0) is 20.1. The molecule has 2 aliphatic heterocycles. The highest BCUT2D eigenvalue weighted by Gasteiger charge is 2.51. The van der Waals surface area contributed by atoms with Crippen LogP contribution in [-0.4, -0.2) is 104 Å². The van der Waals surface area contributed by atoms with Gasteiger partial charge in [0.25, 0.3) is 0 Å². The predicted octanol–water partition coefficient (Wildman–Crippen LogP) is 0.583. The first-order valence-corrected chi connectivity index (χ1v) is 9.10. The van der Waals surface area contributed by atoms with E-state index in [1.54, 1.807) is 42.7 Å². The van der Waals surface area contributed by atoms with Crippen molar-refractivity contribution in [3.8, 4) is 0 Å². The molecule has 0 spiro atoms. The molecule has 0 aromatic carbocycles. The van der Waals surface area contributed by atoms with E-state index in [9.17, 15) is 0 Å². The molecule has 9 nitrogen and oxygen atoms in total. The summed E-state index contributed by atoms with van der Waals surface area (Å²) in [7, 11) is 9.61. The summed E-state index contributed by atoms with van der Waals surface area (Å²) in [5, 5.41) is 0. The van der Waals surface area contributed by atoms with E-state index >= 15 is 0 Å². The Bertz CT molecular complexity index is 399. The van der Waals surface area contributed by atoms with Crippen molar-refractivity contribution >= 4 is 0 Å². The lowest BCUT2D eigenvalue weighted by Gasteiger charge is -2.48.